The minimum Gasteiger partial charge on any atom is -0.489 e. The molecule has 1 aliphatic carbocycles. The number of benzene rings is 2. The second kappa shape index (κ2) is 5.20. The zero-order chi connectivity index (χ0) is 13.1. The van der Waals surface area contributed by atoms with Gasteiger partial charge in [-0.2, -0.15) is 0 Å². The van der Waals surface area contributed by atoms with E-state index in [-0.39, 0.29) is 0 Å². The highest BCUT2D eigenvalue weighted by atomic mass is 16.5. The van der Waals surface area contributed by atoms with Crippen molar-refractivity contribution in [3.63, 3.8) is 0 Å². The van der Waals surface area contributed by atoms with Crippen LogP contribution < -0.4 is 4.74 Å². The molecule has 1 heteroatoms. The predicted molar refractivity (Wildman–Crippen MR) is 77.1 cm³/mol. The summed E-state index contributed by atoms with van der Waals surface area (Å²) in [5.41, 5.74) is 3.39. The van der Waals surface area contributed by atoms with Crippen LogP contribution in [0.25, 0.3) is 0 Å². The van der Waals surface area contributed by atoms with Gasteiger partial charge in [-0.3, -0.25) is 0 Å². The van der Waals surface area contributed by atoms with Gasteiger partial charge in [0.1, 0.15) is 12.4 Å². The molecule has 0 atom stereocenters. The Morgan fingerprint density at radius 1 is 1.11 bits per heavy atom. The topological polar surface area (TPSA) is 9.23 Å². The number of terminal acetylenes is 1. The Morgan fingerprint density at radius 3 is 2.58 bits per heavy atom. The van der Waals surface area contributed by atoms with Gasteiger partial charge >= 0.3 is 0 Å². The highest BCUT2D eigenvalue weighted by Gasteiger charge is 2.27. The van der Waals surface area contributed by atoms with Crippen LogP contribution in [0.3, 0.4) is 0 Å². The number of ether oxygens (including phenoxy) is 1. The third-order valence-corrected chi connectivity index (χ3v) is 3.43. The maximum atomic E-state index is 5.96. The molecule has 0 heterocycles. The Balaban J connectivity index is 1.79. The van der Waals surface area contributed by atoms with Gasteiger partial charge in [0.15, 0.2) is 0 Å². The van der Waals surface area contributed by atoms with Crippen molar-refractivity contribution in [1.82, 2.24) is 0 Å². The summed E-state index contributed by atoms with van der Waals surface area (Å²) < 4.78 is 5.96. The van der Waals surface area contributed by atoms with Gasteiger partial charge in [-0.05, 0) is 48.1 Å². The van der Waals surface area contributed by atoms with E-state index in [2.05, 4.69) is 24.1 Å². The van der Waals surface area contributed by atoms with E-state index < -0.39 is 0 Å². The van der Waals surface area contributed by atoms with Crippen molar-refractivity contribution in [3.8, 4) is 18.1 Å². The molecule has 0 amide bonds. The van der Waals surface area contributed by atoms with Gasteiger partial charge in [0.05, 0.1) is 0 Å². The van der Waals surface area contributed by atoms with E-state index in [1.807, 2.05) is 30.3 Å². The van der Waals surface area contributed by atoms with Gasteiger partial charge in [0.2, 0.25) is 0 Å². The maximum Gasteiger partial charge on any atom is 0.123 e. The van der Waals surface area contributed by atoms with E-state index >= 15 is 0 Å². The van der Waals surface area contributed by atoms with E-state index in [1.54, 1.807) is 0 Å². The van der Waals surface area contributed by atoms with Gasteiger partial charge in [-0.15, -0.1) is 6.42 Å². The molecule has 1 aliphatic rings. The van der Waals surface area contributed by atoms with Crippen molar-refractivity contribution in [3.05, 3.63) is 65.2 Å². The molecule has 2 aromatic rings. The smallest absolute Gasteiger partial charge is 0.123 e. The molecule has 19 heavy (non-hydrogen) atoms. The van der Waals surface area contributed by atoms with Gasteiger partial charge in [-0.1, -0.05) is 36.3 Å². The number of hydrogen-bond acceptors (Lipinski definition) is 1. The first-order valence-electron chi connectivity index (χ1n) is 6.64. The first kappa shape index (κ1) is 11.9. The average Bonchev–Trinajstić information content (AvgIpc) is 3.30. The molecule has 0 saturated heterocycles. The summed E-state index contributed by atoms with van der Waals surface area (Å²) in [6.45, 7) is 0.607. The molecule has 1 nitrogen and oxygen atoms in total. The molecule has 0 aliphatic heterocycles. The lowest BCUT2D eigenvalue weighted by Crippen LogP contribution is -1.98. The Labute approximate surface area is 114 Å². The van der Waals surface area contributed by atoms with E-state index in [9.17, 15) is 0 Å². The zero-order valence-corrected chi connectivity index (χ0v) is 10.8. The number of hydrogen-bond donors (Lipinski definition) is 0. The molecule has 0 unspecified atom stereocenters. The third kappa shape index (κ3) is 2.80. The Morgan fingerprint density at radius 2 is 1.89 bits per heavy atom. The number of rotatable bonds is 4. The van der Waals surface area contributed by atoms with Crippen molar-refractivity contribution in [1.29, 1.82) is 0 Å². The first-order chi connectivity index (χ1) is 9.36. The largest absolute Gasteiger partial charge is 0.489 e. The van der Waals surface area contributed by atoms with Crippen molar-refractivity contribution < 1.29 is 4.74 Å². The average molecular weight is 248 g/mol. The summed E-state index contributed by atoms with van der Waals surface area (Å²) >= 11 is 0. The molecular formula is C18H16O. The lowest BCUT2D eigenvalue weighted by atomic mass is 10.1. The molecule has 0 radical (unpaired) electrons. The van der Waals surface area contributed by atoms with Crippen molar-refractivity contribution >= 4 is 0 Å². The maximum absolute atomic E-state index is 5.96. The van der Waals surface area contributed by atoms with Crippen LogP contribution in [0, 0.1) is 12.3 Å². The molecule has 94 valence electrons. The van der Waals surface area contributed by atoms with Crippen molar-refractivity contribution in [2.45, 2.75) is 25.4 Å². The quantitative estimate of drug-likeness (QED) is 0.739. The molecule has 0 N–H and O–H groups in total. The summed E-state index contributed by atoms with van der Waals surface area (Å²) in [5, 5.41) is 0. The van der Waals surface area contributed by atoms with Crippen LogP contribution >= 0.6 is 0 Å². The van der Waals surface area contributed by atoms with E-state index in [0.717, 1.165) is 11.3 Å². The van der Waals surface area contributed by atoms with Crippen LogP contribution in [0.15, 0.2) is 48.5 Å². The van der Waals surface area contributed by atoms with Crippen molar-refractivity contribution in [2.75, 3.05) is 0 Å². The van der Waals surface area contributed by atoms with E-state index in [4.69, 9.17) is 11.2 Å². The van der Waals surface area contributed by atoms with Gasteiger partial charge in [0, 0.05) is 5.56 Å². The summed E-state index contributed by atoms with van der Waals surface area (Å²) in [6.07, 6.45) is 7.96. The van der Waals surface area contributed by atoms with Crippen LogP contribution in [0.5, 0.6) is 5.75 Å². The fourth-order valence-corrected chi connectivity index (χ4v) is 2.22. The van der Waals surface area contributed by atoms with Crippen LogP contribution in [0.1, 0.15) is 35.4 Å². The summed E-state index contributed by atoms with van der Waals surface area (Å²) in [6, 6.07) is 16.3. The fraction of sp³-hybridized carbons (Fsp3) is 0.222. The predicted octanol–water partition coefficient (Wildman–Crippen LogP) is 4.12. The molecule has 3 rings (SSSR count). The normalized spacial score (nSPS) is 13.8. The third-order valence-electron chi connectivity index (χ3n) is 3.43. The van der Waals surface area contributed by atoms with Gasteiger partial charge in [0.25, 0.3) is 0 Å². The lowest BCUT2D eigenvalue weighted by Gasteiger charge is -2.11. The van der Waals surface area contributed by atoms with Crippen molar-refractivity contribution in [2.24, 2.45) is 0 Å². The van der Waals surface area contributed by atoms with Crippen LogP contribution in [0.4, 0.5) is 0 Å². The Kier molecular flexibility index (Phi) is 3.25. The second-order valence-corrected chi connectivity index (χ2v) is 4.95. The van der Waals surface area contributed by atoms with E-state index in [0.29, 0.717) is 12.5 Å². The first-order valence-corrected chi connectivity index (χ1v) is 6.64. The monoisotopic (exact) mass is 248 g/mol. The molecule has 1 fully saturated rings. The molecule has 0 aromatic heterocycles. The van der Waals surface area contributed by atoms with Crippen LogP contribution in [0.2, 0.25) is 0 Å². The highest BCUT2D eigenvalue weighted by Crippen LogP contribution is 2.44. The van der Waals surface area contributed by atoms with Crippen LogP contribution in [-0.4, -0.2) is 0 Å². The highest BCUT2D eigenvalue weighted by molar-refractivity contribution is 5.46. The summed E-state index contributed by atoms with van der Waals surface area (Å²) in [7, 11) is 0. The summed E-state index contributed by atoms with van der Waals surface area (Å²) in [5.74, 6) is 4.31. The van der Waals surface area contributed by atoms with Gasteiger partial charge < -0.3 is 4.74 Å². The Bertz CT molecular complexity index is 603. The zero-order valence-electron chi connectivity index (χ0n) is 10.8. The molecule has 0 spiro atoms. The van der Waals surface area contributed by atoms with Gasteiger partial charge in [-0.25, -0.2) is 0 Å². The van der Waals surface area contributed by atoms with Crippen LogP contribution in [-0.2, 0) is 6.61 Å². The minimum atomic E-state index is 0.607. The lowest BCUT2D eigenvalue weighted by molar-refractivity contribution is 0.303. The molecule has 2 aromatic carbocycles. The minimum absolute atomic E-state index is 0.607. The second-order valence-electron chi connectivity index (χ2n) is 4.95. The molecule has 0 bridgehead atoms. The fourth-order valence-electron chi connectivity index (χ4n) is 2.22. The van der Waals surface area contributed by atoms with E-state index in [1.165, 1.54) is 24.0 Å². The SMILES string of the molecule is C#Cc1ccc(OCc2ccccc2)c(C2CC2)c1. The summed E-state index contributed by atoms with van der Waals surface area (Å²) in [4.78, 5) is 0. The molecule has 1 saturated carbocycles. The standard InChI is InChI=1S/C18H16O/c1-2-14-8-11-18(17(12-14)16-9-10-16)19-13-15-6-4-3-5-7-15/h1,3-8,11-12,16H,9-10,13H2. The Hall–Kier alpha value is -2.20. The molecular weight excluding hydrogens is 232 g/mol.